The predicted molar refractivity (Wildman–Crippen MR) is 117 cm³/mol. The van der Waals surface area contributed by atoms with Crippen LogP contribution in [0.2, 0.25) is 0 Å². The summed E-state index contributed by atoms with van der Waals surface area (Å²) < 4.78 is 31.4. The maximum atomic E-state index is 12.2. The highest BCUT2D eigenvalue weighted by atomic mass is 32.2. The number of benzene rings is 2. The molecule has 1 amide bonds. The van der Waals surface area contributed by atoms with Gasteiger partial charge < -0.3 is 10.1 Å². The van der Waals surface area contributed by atoms with Crippen LogP contribution >= 0.6 is 0 Å². The van der Waals surface area contributed by atoms with E-state index in [4.69, 9.17) is 4.74 Å². The van der Waals surface area contributed by atoms with Crippen molar-refractivity contribution in [1.82, 2.24) is 5.32 Å². The molecule has 0 fully saturated rings. The summed E-state index contributed by atoms with van der Waals surface area (Å²) in [7, 11) is -3.42. The van der Waals surface area contributed by atoms with E-state index in [9.17, 15) is 13.2 Å². The van der Waals surface area contributed by atoms with Crippen molar-refractivity contribution in [1.29, 1.82) is 0 Å². The van der Waals surface area contributed by atoms with Gasteiger partial charge in [0.1, 0.15) is 12.4 Å². The summed E-state index contributed by atoms with van der Waals surface area (Å²) in [5.74, 6) is 0.641. The van der Waals surface area contributed by atoms with Crippen molar-refractivity contribution in [3.05, 3.63) is 59.7 Å². The monoisotopic (exact) mass is 418 g/mol. The third-order valence-electron chi connectivity index (χ3n) is 4.48. The van der Waals surface area contributed by atoms with Crippen LogP contribution < -0.4 is 14.4 Å². The first kappa shape index (κ1) is 22.7. The smallest absolute Gasteiger partial charge is 0.232 e. The number of rotatable bonds is 10. The average molecular weight is 419 g/mol. The van der Waals surface area contributed by atoms with Crippen molar-refractivity contribution in [2.45, 2.75) is 39.7 Å². The summed E-state index contributed by atoms with van der Waals surface area (Å²) in [6.07, 6.45) is 1.86. The number of aryl methyl sites for hydroxylation is 2. The van der Waals surface area contributed by atoms with Crippen molar-refractivity contribution in [3.63, 3.8) is 0 Å². The minimum absolute atomic E-state index is 0.122. The Balaban J connectivity index is 1.81. The van der Waals surface area contributed by atoms with Gasteiger partial charge in [-0.1, -0.05) is 35.9 Å². The normalized spacial score (nSPS) is 12.3. The summed E-state index contributed by atoms with van der Waals surface area (Å²) in [6.45, 7) is 6.38. The molecule has 29 heavy (non-hydrogen) atoms. The molecule has 1 atom stereocenters. The van der Waals surface area contributed by atoms with E-state index in [0.29, 0.717) is 18.7 Å². The number of para-hydroxylation sites is 1. The summed E-state index contributed by atoms with van der Waals surface area (Å²) >= 11 is 0. The SMILES string of the molecule is Cc1ccc(OC[C@H](C)NC(=O)CCCN(c2ccccc2C)S(C)(=O)=O)cc1. The van der Waals surface area contributed by atoms with Crippen molar-refractivity contribution < 1.29 is 17.9 Å². The maximum absolute atomic E-state index is 12.2. The van der Waals surface area contributed by atoms with Gasteiger partial charge >= 0.3 is 0 Å². The molecule has 0 bridgehead atoms. The van der Waals surface area contributed by atoms with E-state index in [1.165, 1.54) is 10.6 Å². The summed E-state index contributed by atoms with van der Waals surface area (Å²) in [4.78, 5) is 12.2. The van der Waals surface area contributed by atoms with Crippen molar-refractivity contribution in [2.24, 2.45) is 0 Å². The second-order valence-corrected chi connectivity index (χ2v) is 9.22. The third kappa shape index (κ3) is 7.42. The Morgan fingerprint density at radius 2 is 1.76 bits per heavy atom. The van der Waals surface area contributed by atoms with Crippen LogP contribution in [0.5, 0.6) is 5.75 Å². The van der Waals surface area contributed by atoms with E-state index in [2.05, 4.69) is 5.32 Å². The van der Waals surface area contributed by atoms with Gasteiger partial charge in [0.05, 0.1) is 18.0 Å². The number of anilines is 1. The molecule has 2 aromatic rings. The lowest BCUT2D eigenvalue weighted by molar-refractivity contribution is -0.121. The number of hydrogen-bond acceptors (Lipinski definition) is 4. The summed E-state index contributed by atoms with van der Waals surface area (Å²) in [5, 5.41) is 2.89. The van der Waals surface area contributed by atoms with Crippen LogP contribution in [0.4, 0.5) is 5.69 Å². The molecule has 0 aromatic heterocycles. The van der Waals surface area contributed by atoms with Gasteiger partial charge in [-0.2, -0.15) is 0 Å². The fourth-order valence-electron chi connectivity index (χ4n) is 2.94. The molecule has 0 heterocycles. The zero-order chi connectivity index (χ0) is 21.4. The number of ether oxygens (including phenoxy) is 1. The number of nitrogens with one attached hydrogen (secondary N) is 1. The van der Waals surface area contributed by atoms with E-state index < -0.39 is 10.0 Å². The van der Waals surface area contributed by atoms with Crippen LogP contribution in [0.3, 0.4) is 0 Å². The Morgan fingerprint density at radius 3 is 2.38 bits per heavy atom. The van der Waals surface area contributed by atoms with Gasteiger partial charge in [-0.15, -0.1) is 0 Å². The number of nitrogens with zero attached hydrogens (tertiary/aromatic N) is 1. The molecule has 0 radical (unpaired) electrons. The molecular formula is C22H30N2O4S. The van der Waals surface area contributed by atoms with Gasteiger partial charge in [-0.05, 0) is 51.0 Å². The van der Waals surface area contributed by atoms with Gasteiger partial charge in [0.2, 0.25) is 15.9 Å². The van der Waals surface area contributed by atoms with Crippen molar-refractivity contribution in [2.75, 3.05) is 23.7 Å². The second kappa shape index (κ2) is 10.3. The number of sulfonamides is 1. The molecular weight excluding hydrogens is 388 g/mol. The second-order valence-electron chi connectivity index (χ2n) is 7.32. The number of carbonyl (C=O) groups is 1. The first-order chi connectivity index (χ1) is 13.7. The Hall–Kier alpha value is -2.54. The Labute approximate surface area is 173 Å². The van der Waals surface area contributed by atoms with E-state index in [0.717, 1.165) is 16.9 Å². The minimum atomic E-state index is -3.42. The highest BCUT2D eigenvalue weighted by molar-refractivity contribution is 7.92. The lowest BCUT2D eigenvalue weighted by atomic mass is 10.2. The fourth-order valence-corrected chi connectivity index (χ4v) is 3.96. The lowest BCUT2D eigenvalue weighted by Gasteiger charge is -2.24. The summed E-state index contributed by atoms with van der Waals surface area (Å²) in [6, 6.07) is 14.9. The van der Waals surface area contributed by atoms with E-state index in [-0.39, 0.29) is 24.9 Å². The molecule has 0 spiro atoms. The first-order valence-electron chi connectivity index (χ1n) is 9.69. The molecule has 0 aliphatic rings. The van der Waals surface area contributed by atoms with Gasteiger partial charge in [0.15, 0.2) is 0 Å². The largest absolute Gasteiger partial charge is 0.491 e. The molecule has 0 saturated carbocycles. The van der Waals surface area contributed by atoms with Gasteiger partial charge in [-0.25, -0.2) is 8.42 Å². The lowest BCUT2D eigenvalue weighted by Crippen LogP contribution is -2.37. The molecule has 0 saturated heterocycles. The zero-order valence-electron chi connectivity index (χ0n) is 17.5. The van der Waals surface area contributed by atoms with Gasteiger partial charge in [0, 0.05) is 13.0 Å². The molecule has 2 rings (SSSR count). The number of hydrogen-bond donors (Lipinski definition) is 1. The molecule has 0 aliphatic carbocycles. The molecule has 0 aliphatic heterocycles. The molecule has 2 aromatic carbocycles. The van der Waals surface area contributed by atoms with Crippen LogP contribution in [0, 0.1) is 13.8 Å². The zero-order valence-corrected chi connectivity index (χ0v) is 18.3. The fraction of sp³-hybridized carbons (Fsp3) is 0.409. The van der Waals surface area contributed by atoms with E-state index >= 15 is 0 Å². The highest BCUT2D eigenvalue weighted by Gasteiger charge is 2.19. The Kier molecular flexibility index (Phi) is 8.08. The van der Waals surface area contributed by atoms with Crippen molar-refractivity contribution in [3.8, 4) is 5.75 Å². The predicted octanol–water partition coefficient (Wildman–Crippen LogP) is 3.43. The van der Waals surface area contributed by atoms with Gasteiger partial charge in [0.25, 0.3) is 0 Å². The van der Waals surface area contributed by atoms with Crippen LogP contribution in [0.15, 0.2) is 48.5 Å². The third-order valence-corrected chi connectivity index (χ3v) is 5.66. The van der Waals surface area contributed by atoms with Crippen LogP contribution in [0.25, 0.3) is 0 Å². The molecule has 1 N–H and O–H groups in total. The maximum Gasteiger partial charge on any atom is 0.232 e. The van der Waals surface area contributed by atoms with Crippen molar-refractivity contribution >= 4 is 21.6 Å². The number of amides is 1. The topological polar surface area (TPSA) is 75.7 Å². The van der Waals surface area contributed by atoms with Crippen LogP contribution in [-0.4, -0.2) is 39.8 Å². The highest BCUT2D eigenvalue weighted by Crippen LogP contribution is 2.22. The van der Waals surface area contributed by atoms with E-state index in [1.54, 1.807) is 6.07 Å². The molecule has 0 unspecified atom stereocenters. The number of carbonyl (C=O) groups excluding carboxylic acids is 1. The van der Waals surface area contributed by atoms with Crippen LogP contribution in [-0.2, 0) is 14.8 Å². The summed E-state index contributed by atoms with van der Waals surface area (Å²) in [5.41, 5.74) is 2.69. The molecule has 7 heteroatoms. The van der Waals surface area contributed by atoms with Crippen LogP contribution in [0.1, 0.15) is 30.9 Å². The standard InChI is InChI=1S/C22H30N2O4S/c1-17-11-13-20(14-12-17)28-16-19(3)23-22(25)10-7-15-24(29(4,26)27)21-9-6-5-8-18(21)2/h5-6,8-9,11-14,19H,7,10,15-16H2,1-4H3,(H,23,25)/t19-/m0/s1. The quantitative estimate of drug-likeness (QED) is 0.641. The Morgan fingerprint density at radius 1 is 1.10 bits per heavy atom. The minimum Gasteiger partial charge on any atom is -0.491 e. The Bertz CT molecular complexity index is 911. The first-order valence-corrected chi connectivity index (χ1v) is 11.5. The average Bonchev–Trinajstić information content (AvgIpc) is 2.65. The van der Waals surface area contributed by atoms with E-state index in [1.807, 2.05) is 63.2 Å². The molecule has 6 nitrogen and oxygen atoms in total. The van der Waals surface area contributed by atoms with Gasteiger partial charge in [-0.3, -0.25) is 9.10 Å². The molecule has 158 valence electrons.